The first kappa shape index (κ1) is 17.3. The highest BCUT2D eigenvalue weighted by Crippen LogP contribution is 2.29. The van der Waals surface area contributed by atoms with E-state index in [1.54, 1.807) is 24.5 Å². The van der Waals surface area contributed by atoms with E-state index in [-0.39, 0.29) is 12.5 Å². The van der Waals surface area contributed by atoms with E-state index < -0.39 is 23.1 Å². The minimum Gasteiger partial charge on any atom is -0.339 e. The molecular formula is C19H16F2N4O2. The molecule has 1 amide bonds. The Morgan fingerprint density at radius 2 is 1.89 bits per heavy atom. The molecule has 8 heteroatoms. The summed E-state index contributed by atoms with van der Waals surface area (Å²) in [5.74, 6) is -1.71. The fourth-order valence-corrected chi connectivity index (χ4v) is 3.24. The zero-order valence-corrected chi connectivity index (χ0v) is 14.3. The van der Waals surface area contributed by atoms with Crippen molar-refractivity contribution in [3.8, 4) is 11.4 Å². The lowest BCUT2D eigenvalue weighted by Crippen LogP contribution is -2.40. The molecule has 0 spiro atoms. The van der Waals surface area contributed by atoms with Gasteiger partial charge in [-0.25, -0.2) is 8.78 Å². The minimum atomic E-state index is -0.861. The van der Waals surface area contributed by atoms with Gasteiger partial charge in [-0.1, -0.05) is 11.2 Å². The van der Waals surface area contributed by atoms with Crippen molar-refractivity contribution in [3.05, 3.63) is 65.8 Å². The zero-order valence-electron chi connectivity index (χ0n) is 14.3. The van der Waals surface area contributed by atoms with Gasteiger partial charge in [0.2, 0.25) is 11.7 Å². The van der Waals surface area contributed by atoms with E-state index in [9.17, 15) is 13.6 Å². The first-order valence-electron chi connectivity index (χ1n) is 8.61. The fourth-order valence-electron chi connectivity index (χ4n) is 3.24. The Morgan fingerprint density at radius 1 is 1.15 bits per heavy atom. The van der Waals surface area contributed by atoms with Crippen molar-refractivity contribution in [1.82, 2.24) is 20.0 Å². The third-order valence-corrected chi connectivity index (χ3v) is 4.61. The maximum Gasteiger partial charge on any atom is 0.259 e. The maximum absolute atomic E-state index is 13.9. The number of hydrogen-bond acceptors (Lipinski definition) is 5. The molecule has 27 heavy (non-hydrogen) atoms. The highest BCUT2D eigenvalue weighted by Gasteiger charge is 2.31. The Hall–Kier alpha value is -3.16. The van der Waals surface area contributed by atoms with Crippen molar-refractivity contribution in [2.75, 3.05) is 13.1 Å². The molecule has 4 rings (SSSR count). The van der Waals surface area contributed by atoms with Crippen molar-refractivity contribution in [2.24, 2.45) is 0 Å². The van der Waals surface area contributed by atoms with Crippen LogP contribution in [0.5, 0.6) is 0 Å². The van der Waals surface area contributed by atoms with Gasteiger partial charge < -0.3 is 9.42 Å². The third kappa shape index (κ3) is 3.42. The molecule has 3 aromatic rings. The summed E-state index contributed by atoms with van der Waals surface area (Å²) in [7, 11) is 0. The normalized spacial score (nSPS) is 17.1. The average molecular weight is 370 g/mol. The summed E-state index contributed by atoms with van der Waals surface area (Å²) < 4.78 is 33.2. The summed E-state index contributed by atoms with van der Waals surface area (Å²) >= 11 is 0. The molecule has 1 fully saturated rings. The average Bonchev–Trinajstić information content (AvgIpc) is 3.19. The number of rotatable bonds is 3. The van der Waals surface area contributed by atoms with Crippen LogP contribution in [0.2, 0.25) is 0 Å². The van der Waals surface area contributed by atoms with Crippen LogP contribution in [0.4, 0.5) is 8.78 Å². The number of nitrogens with zero attached hydrogens (tertiary/aromatic N) is 4. The Labute approximate surface area is 153 Å². The van der Waals surface area contributed by atoms with E-state index in [2.05, 4.69) is 15.1 Å². The number of amides is 1. The Kier molecular flexibility index (Phi) is 4.62. The number of pyridine rings is 1. The van der Waals surface area contributed by atoms with E-state index in [0.717, 1.165) is 24.1 Å². The van der Waals surface area contributed by atoms with Crippen LogP contribution in [0.15, 0.2) is 47.2 Å². The van der Waals surface area contributed by atoms with Crippen molar-refractivity contribution >= 4 is 5.91 Å². The van der Waals surface area contributed by atoms with E-state index in [0.29, 0.717) is 24.7 Å². The monoisotopic (exact) mass is 370 g/mol. The highest BCUT2D eigenvalue weighted by atomic mass is 19.1. The fraction of sp³-hybridized carbons (Fsp3) is 0.263. The van der Waals surface area contributed by atoms with Gasteiger partial charge in [-0.15, -0.1) is 0 Å². The molecule has 1 atom stereocenters. The van der Waals surface area contributed by atoms with Crippen LogP contribution in [0.25, 0.3) is 11.4 Å². The maximum atomic E-state index is 13.9. The van der Waals surface area contributed by atoms with E-state index in [1.807, 2.05) is 0 Å². The molecule has 0 N–H and O–H groups in total. The number of hydrogen-bond donors (Lipinski definition) is 0. The Morgan fingerprint density at radius 3 is 2.63 bits per heavy atom. The third-order valence-electron chi connectivity index (χ3n) is 4.61. The molecule has 2 aromatic heterocycles. The molecule has 1 aliphatic heterocycles. The second-order valence-electron chi connectivity index (χ2n) is 6.38. The second kappa shape index (κ2) is 7.22. The van der Waals surface area contributed by atoms with Gasteiger partial charge in [0.15, 0.2) is 0 Å². The van der Waals surface area contributed by atoms with Gasteiger partial charge in [-0.3, -0.25) is 9.78 Å². The van der Waals surface area contributed by atoms with Crippen LogP contribution in [0.3, 0.4) is 0 Å². The lowest BCUT2D eigenvalue weighted by molar-refractivity contribution is 0.0686. The predicted molar refractivity (Wildman–Crippen MR) is 91.8 cm³/mol. The Bertz CT molecular complexity index is 941. The number of likely N-dealkylation sites (tertiary alicyclic amines) is 1. The summed E-state index contributed by atoms with van der Waals surface area (Å²) in [6.07, 6.45) is 4.70. The van der Waals surface area contributed by atoms with Crippen LogP contribution < -0.4 is 0 Å². The molecule has 0 radical (unpaired) electrons. The minimum absolute atomic E-state index is 0.180. The van der Waals surface area contributed by atoms with Gasteiger partial charge in [-0.05, 0) is 37.1 Å². The van der Waals surface area contributed by atoms with Gasteiger partial charge in [0.05, 0.1) is 5.92 Å². The number of halogens is 2. The predicted octanol–water partition coefficient (Wildman–Crippen LogP) is 3.43. The number of piperidine rings is 1. The largest absolute Gasteiger partial charge is 0.339 e. The SMILES string of the molecule is O=C(c1c(F)cccc1F)N1CCC[C@@H](c2nc(-c3ccncc3)no2)C1. The van der Waals surface area contributed by atoms with Gasteiger partial charge in [-0.2, -0.15) is 4.98 Å². The lowest BCUT2D eigenvalue weighted by atomic mass is 9.97. The molecule has 1 aromatic carbocycles. The molecule has 0 saturated carbocycles. The summed E-state index contributed by atoms with van der Waals surface area (Å²) in [5, 5.41) is 3.98. The van der Waals surface area contributed by atoms with Gasteiger partial charge in [0.25, 0.3) is 5.91 Å². The van der Waals surface area contributed by atoms with Crippen molar-refractivity contribution in [1.29, 1.82) is 0 Å². The summed E-state index contributed by atoms with van der Waals surface area (Å²) in [6.45, 7) is 0.693. The van der Waals surface area contributed by atoms with Crippen LogP contribution >= 0.6 is 0 Å². The number of carbonyl (C=O) groups is 1. The highest BCUT2D eigenvalue weighted by molar-refractivity contribution is 5.94. The van der Waals surface area contributed by atoms with Crippen LogP contribution in [-0.4, -0.2) is 39.0 Å². The zero-order chi connectivity index (χ0) is 18.8. The lowest BCUT2D eigenvalue weighted by Gasteiger charge is -2.31. The molecule has 6 nitrogen and oxygen atoms in total. The molecule has 3 heterocycles. The van der Waals surface area contributed by atoms with Gasteiger partial charge in [0.1, 0.15) is 17.2 Å². The number of carbonyl (C=O) groups excluding carboxylic acids is 1. The molecule has 1 saturated heterocycles. The van der Waals surface area contributed by atoms with Crippen LogP contribution in [0, 0.1) is 11.6 Å². The quantitative estimate of drug-likeness (QED) is 0.706. The topological polar surface area (TPSA) is 72.1 Å². The van der Waals surface area contributed by atoms with Gasteiger partial charge in [0, 0.05) is 31.0 Å². The standard InChI is InChI=1S/C19H16F2N4O2/c20-14-4-1-5-15(21)16(14)19(26)25-10-2-3-13(11-25)18-23-17(24-27-18)12-6-8-22-9-7-12/h1,4-9,13H,2-3,10-11H2/t13-/m1/s1. The van der Waals surface area contributed by atoms with Crippen molar-refractivity contribution in [2.45, 2.75) is 18.8 Å². The molecule has 0 bridgehead atoms. The number of benzene rings is 1. The van der Waals surface area contributed by atoms with E-state index in [1.165, 1.54) is 11.0 Å². The van der Waals surface area contributed by atoms with Crippen LogP contribution in [0.1, 0.15) is 35.0 Å². The number of aromatic nitrogens is 3. The second-order valence-corrected chi connectivity index (χ2v) is 6.38. The van der Waals surface area contributed by atoms with E-state index >= 15 is 0 Å². The summed E-state index contributed by atoms with van der Waals surface area (Å²) in [5.41, 5.74) is 0.248. The van der Waals surface area contributed by atoms with Crippen molar-refractivity contribution in [3.63, 3.8) is 0 Å². The molecule has 138 valence electrons. The van der Waals surface area contributed by atoms with Crippen LogP contribution in [-0.2, 0) is 0 Å². The molecular weight excluding hydrogens is 354 g/mol. The smallest absolute Gasteiger partial charge is 0.259 e. The van der Waals surface area contributed by atoms with E-state index in [4.69, 9.17) is 4.52 Å². The van der Waals surface area contributed by atoms with Crippen molar-refractivity contribution < 1.29 is 18.1 Å². The summed E-state index contributed by atoms with van der Waals surface area (Å²) in [6, 6.07) is 6.94. The molecule has 0 unspecified atom stereocenters. The molecule has 0 aliphatic carbocycles. The molecule has 1 aliphatic rings. The summed E-state index contributed by atoms with van der Waals surface area (Å²) in [4.78, 5) is 22.4. The van der Waals surface area contributed by atoms with Gasteiger partial charge >= 0.3 is 0 Å². The Balaban J connectivity index is 1.54. The first-order chi connectivity index (χ1) is 13.1. The first-order valence-corrected chi connectivity index (χ1v) is 8.61.